The van der Waals surface area contributed by atoms with Gasteiger partial charge in [-0.05, 0) is 67.9 Å². The lowest BCUT2D eigenvalue weighted by Crippen LogP contribution is -2.65. The van der Waals surface area contributed by atoms with E-state index in [1.807, 2.05) is 32.9 Å². The fraction of sp³-hybridized carbons (Fsp3) is 0.429. The molecule has 3 aliphatic rings. The smallest absolute Gasteiger partial charge is 0.311 e. The average molecular weight is 603 g/mol. The van der Waals surface area contributed by atoms with Gasteiger partial charge >= 0.3 is 5.97 Å². The summed E-state index contributed by atoms with van der Waals surface area (Å²) >= 11 is 0. The summed E-state index contributed by atoms with van der Waals surface area (Å²) < 4.78 is 5.43. The molecule has 0 unspecified atom stereocenters. The van der Waals surface area contributed by atoms with Crippen molar-refractivity contribution < 1.29 is 44.3 Å². The molecule has 3 atom stereocenters. The van der Waals surface area contributed by atoms with Crippen molar-refractivity contribution in [3.05, 3.63) is 75.1 Å². The van der Waals surface area contributed by atoms with E-state index in [-0.39, 0.29) is 54.9 Å². The lowest BCUT2D eigenvalue weighted by Gasteiger charge is -2.56. The molecule has 0 radical (unpaired) electrons. The minimum Gasteiger partial charge on any atom is -0.508 e. The molecule has 3 aliphatic carbocycles. The highest BCUT2D eigenvalue weighted by Gasteiger charge is 2.68. The van der Waals surface area contributed by atoms with Gasteiger partial charge in [0.05, 0.1) is 12.0 Å². The van der Waals surface area contributed by atoms with Crippen molar-refractivity contribution in [3.8, 4) is 11.5 Å². The van der Waals surface area contributed by atoms with Gasteiger partial charge in [-0.15, -0.1) is 0 Å². The number of hydrogen-bond donors (Lipinski definition) is 4. The summed E-state index contributed by atoms with van der Waals surface area (Å²) in [7, 11) is 0. The first kappa shape index (κ1) is 31.2. The van der Waals surface area contributed by atoms with Crippen LogP contribution in [0.25, 0.3) is 5.76 Å². The number of aliphatic hydroxyl groups is 3. The van der Waals surface area contributed by atoms with Gasteiger partial charge in [-0.25, -0.2) is 0 Å². The highest BCUT2D eigenvalue weighted by Crippen LogP contribution is 2.63. The SMILES string of the molecule is CC(=O)C1=C(O)[C@]2(O)C(=O)C3=C(O)c4c(O)c(CCC(=O)Oc5ccc(C)cc5)cc(C(C)C)c4C[C@]3(C)C[C@]2(C)CC1=O. The third kappa shape index (κ3) is 4.56. The molecule has 9 heteroatoms. The number of carbonyl (C=O) groups excluding carboxylic acids is 4. The Bertz CT molecular complexity index is 1690. The van der Waals surface area contributed by atoms with E-state index in [1.54, 1.807) is 25.1 Å². The molecule has 232 valence electrons. The van der Waals surface area contributed by atoms with Crippen molar-refractivity contribution in [2.45, 2.75) is 85.2 Å². The first-order chi connectivity index (χ1) is 20.4. The van der Waals surface area contributed by atoms with E-state index in [2.05, 4.69) is 0 Å². The van der Waals surface area contributed by atoms with Crippen LogP contribution < -0.4 is 4.74 Å². The molecule has 2 aromatic carbocycles. The molecular formula is C35H38O9. The average Bonchev–Trinajstić information content (AvgIpc) is 2.91. The Kier molecular flexibility index (Phi) is 7.40. The third-order valence-electron chi connectivity index (χ3n) is 9.61. The number of allylic oxidation sites excluding steroid dienone is 1. The summed E-state index contributed by atoms with van der Waals surface area (Å²) in [5, 5.41) is 46.2. The van der Waals surface area contributed by atoms with Crippen LogP contribution in [-0.2, 0) is 32.0 Å². The van der Waals surface area contributed by atoms with E-state index in [0.29, 0.717) is 16.9 Å². The van der Waals surface area contributed by atoms with Crippen LogP contribution in [0.1, 0.15) is 87.6 Å². The number of esters is 1. The maximum atomic E-state index is 14.2. The molecule has 5 rings (SSSR count). The van der Waals surface area contributed by atoms with Crippen LogP contribution in [0, 0.1) is 17.8 Å². The largest absolute Gasteiger partial charge is 0.508 e. The molecule has 9 nitrogen and oxygen atoms in total. The number of aliphatic hydroxyl groups excluding tert-OH is 2. The number of carbonyl (C=O) groups is 4. The number of phenolic OH excluding ortho intramolecular Hbond substituents is 1. The van der Waals surface area contributed by atoms with Crippen molar-refractivity contribution in [2.75, 3.05) is 0 Å². The van der Waals surface area contributed by atoms with Crippen molar-refractivity contribution >= 4 is 29.1 Å². The zero-order valence-corrected chi connectivity index (χ0v) is 25.8. The summed E-state index contributed by atoms with van der Waals surface area (Å²) in [6, 6.07) is 8.83. The van der Waals surface area contributed by atoms with E-state index in [1.165, 1.54) is 6.92 Å². The Morgan fingerprint density at radius 2 is 1.66 bits per heavy atom. The first-order valence-electron chi connectivity index (χ1n) is 14.8. The van der Waals surface area contributed by atoms with Gasteiger partial charge in [0.15, 0.2) is 17.2 Å². The highest BCUT2D eigenvalue weighted by atomic mass is 16.5. The van der Waals surface area contributed by atoms with Crippen LogP contribution >= 0.6 is 0 Å². The molecule has 1 fully saturated rings. The van der Waals surface area contributed by atoms with Gasteiger partial charge in [0.1, 0.15) is 28.6 Å². The zero-order chi connectivity index (χ0) is 32.5. The van der Waals surface area contributed by atoms with Gasteiger partial charge in [0.25, 0.3) is 0 Å². The summed E-state index contributed by atoms with van der Waals surface area (Å²) in [6.07, 6.45) is -0.0803. The van der Waals surface area contributed by atoms with E-state index >= 15 is 0 Å². The molecule has 0 spiro atoms. The molecular weight excluding hydrogens is 564 g/mol. The fourth-order valence-corrected chi connectivity index (χ4v) is 7.54. The number of phenols is 1. The molecule has 1 saturated carbocycles. The van der Waals surface area contributed by atoms with Crippen LogP contribution in [-0.4, -0.2) is 49.3 Å². The van der Waals surface area contributed by atoms with Crippen LogP contribution in [0.3, 0.4) is 0 Å². The minimum atomic E-state index is -2.63. The number of benzene rings is 2. The molecule has 0 saturated heterocycles. The molecule has 0 bridgehead atoms. The standard InChI is InChI=1S/C35H38O9/c1-17(2)22-13-20(9-12-25(38)44-21-10-7-18(3)8-11-21)29(39)27-23(22)14-33(5)16-34(6)15-24(37)26(19(4)36)31(41)35(34,43)32(42)28(33)30(27)40/h7-8,10-11,13,17,39-41,43H,9,12,14-16H2,1-6H3/t33-,34+,35+/m1/s1. The summed E-state index contributed by atoms with van der Waals surface area (Å²) in [5.74, 6) is -4.45. The van der Waals surface area contributed by atoms with Gasteiger partial charge in [-0.3, -0.25) is 19.2 Å². The van der Waals surface area contributed by atoms with E-state index < -0.39 is 56.8 Å². The third-order valence-corrected chi connectivity index (χ3v) is 9.61. The van der Waals surface area contributed by atoms with Crippen LogP contribution in [0.2, 0.25) is 0 Å². The Hall–Kier alpha value is -4.24. The lowest BCUT2D eigenvalue weighted by atomic mass is 9.47. The Morgan fingerprint density at radius 3 is 2.25 bits per heavy atom. The van der Waals surface area contributed by atoms with Crippen LogP contribution in [0.5, 0.6) is 11.5 Å². The van der Waals surface area contributed by atoms with Crippen LogP contribution in [0.4, 0.5) is 0 Å². The predicted molar refractivity (Wildman–Crippen MR) is 161 cm³/mol. The molecule has 2 aromatic rings. The van der Waals surface area contributed by atoms with Gasteiger partial charge in [-0.2, -0.15) is 0 Å². The summed E-state index contributed by atoms with van der Waals surface area (Å²) in [4.78, 5) is 52.1. The minimum absolute atomic E-state index is 0.0347. The van der Waals surface area contributed by atoms with Crippen LogP contribution in [0.15, 0.2) is 47.2 Å². The maximum absolute atomic E-state index is 14.2. The highest BCUT2D eigenvalue weighted by molar-refractivity contribution is 6.23. The number of aromatic hydroxyl groups is 1. The fourth-order valence-electron chi connectivity index (χ4n) is 7.54. The molecule has 44 heavy (non-hydrogen) atoms. The van der Waals surface area contributed by atoms with E-state index in [9.17, 15) is 39.6 Å². The summed E-state index contributed by atoms with van der Waals surface area (Å²) in [6.45, 7) is 10.2. The number of aryl methyl sites for hydroxylation is 2. The van der Waals surface area contributed by atoms with Gasteiger partial charge in [0.2, 0.25) is 5.78 Å². The maximum Gasteiger partial charge on any atom is 0.311 e. The van der Waals surface area contributed by atoms with Crippen molar-refractivity contribution in [1.29, 1.82) is 0 Å². The normalized spacial score (nSPS) is 26.4. The van der Waals surface area contributed by atoms with Gasteiger partial charge in [0, 0.05) is 22.8 Å². The number of fused-ring (bicyclic) bond motifs is 3. The second-order valence-electron chi connectivity index (χ2n) is 13.4. The second-order valence-corrected chi connectivity index (χ2v) is 13.4. The molecule has 0 amide bonds. The molecule has 0 aromatic heterocycles. The van der Waals surface area contributed by atoms with E-state index in [0.717, 1.165) is 18.1 Å². The van der Waals surface area contributed by atoms with Gasteiger partial charge < -0.3 is 25.2 Å². The van der Waals surface area contributed by atoms with Gasteiger partial charge in [-0.1, -0.05) is 51.5 Å². The molecule has 0 aliphatic heterocycles. The lowest BCUT2D eigenvalue weighted by molar-refractivity contribution is -0.165. The zero-order valence-electron chi connectivity index (χ0n) is 25.8. The van der Waals surface area contributed by atoms with E-state index in [4.69, 9.17) is 4.74 Å². The Balaban J connectivity index is 1.60. The first-order valence-corrected chi connectivity index (χ1v) is 14.8. The van der Waals surface area contributed by atoms with Crippen molar-refractivity contribution in [1.82, 2.24) is 0 Å². The van der Waals surface area contributed by atoms with Crippen molar-refractivity contribution in [3.63, 3.8) is 0 Å². The molecule has 0 heterocycles. The number of Topliss-reactive ketones (excluding diaryl/α,β-unsaturated/α-hetero) is 3. The number of ether oxygens (including phenoxy) is 1. The quantitative estimate of drug-likeness (QED) is 0.196. The number of hydrogen-bond acceptors (Lipinski definition) is 9. The number of rotatable bonds is 6. The Labute approximate surface area is 255 Å². The van der Waals surface area contributed by atoms with Crippen molar-refractivity contribution in [2.24, 2.45) is 10.8 Å². The topological polar surface area (TPSA) is 158 Å². The molecule has 4 N–H and O–H groups in total. The number of ketones is 3. The Morgan fingerprint density at radius 1 is 1.02 bits per heavy atom. The second kappa shape index (κ2) is 10.4. The summed E-state index contributed by atoms with van der Waals surface area (Å²) in [5.41, 5.74) is -3.10. The monoisotopic (exact) mass is 602 g/mol. The predicted octanol–water partition coefficient (Wildman–Crippen LogP) is 5.28.